The minimum atomic E-state index is -0.479. The smallest absolute Gasteiger partial charge is 0.128 e. The molecule has 5 N–H and O–H groups in total. The molecule has 0 fully saturated rings. The molecule has 1 aromatic carbocycles. The zero-order valence-corrected chi connectivity index (χ0v) is 7.20. The number of aliphatic hydroxyl groups excluding tert-OH is 1. The Labute approximate surface area is 76.2 Å². The molecule has 0 aliphatic heterocycles. The fourth-order valence-corrected chi connectivity index (χ4v) is 1.10. The lowest BCUT2D eigenvalue weighted by atomic mass is 10.1. The van der Waals surface area contributed by atoms with Gasteiger partial charge in [0.1, 0.15) is 5.82 Å². The highest BCUT2D eigenvalue weighted by Gasteiger charge is 2.09. The fraction of sp³-hybridized carbons (Fsp3) is 0.333. The summed E-state index contributed by atoms with van der Waals surface area (Å²) in [5, 5.41) is 8.73. The molecule has 1 aromatic rings. The van der Waals surface area contributed by atoms with Gasteiger partial charge in [-0.3, -0.25) is 0 Å². The molecule has 0 spiro atoms. The Bertz CT molecular complexity index is 291. The Morgan fingerprint density at radius 3 is 2.62 bits per heavy atom. The lowest BCUT2D eigenvalue weighted by Crippen LogP contribution is -2.21. The van der Waals surface area contributed by atoms with E-state index < -0.39 is 11.9 Å². The molecule has 0 saturated heterocycles. The van der Waals surface area contributed by atoms with E-state index in [1.54, 1.807) is 12.1 Å². The van der Waals surface area contributed by atoms with Crippen molar-refractivity contribution in [3.63, 3.8) is 0 Å². The predicted octanol–water partition coefficient (Wildman–Crippen LogP) is 0.277. The summed E-state index contributed by atoms with van der Waals surface area (Å²) in [6, 6.07) is 3.98. The minimum absolute atomic E-state index is 0.172. The lowest BCUT2D eigenvalue weighted by Gasteiger charge is -2.10. The van der Waals surface area contributed by atoms with E-state index in [4.69, 9.17) is 16.6 Å². The van der Waals surface area contributed by atoms with E-state index in [0.29, 0.717) is 11.1 Å². The van der Waals surface area contributed by atoms with Crippen LogP contribution in [0.2, 0.25) is 0 Å². The quantitative estimate of drug-likeness (QED) is 0.631. The predicted molar refractivity (Wildman–Crippen MR) is 48.3 cm³/mol. The summed E-state index contributed by atoms with van der Waals surface area (Å²) in [7, 11) is 0. The maximum atomic E-state index is 13.2. The van der Waals surface area contributed by atoms with Gasteiger partial charge in [0.05, 0.1) is 6.61 Å². The number of nitrogens with two attached hydrogens (primary N) is 2. The molecule has 0 aromatic heterocycles. The second kappa shape index (κ2) is 4.32. The standard InChI is InChI=1S/C9H13FN2O/c10-8-3-6(5-13)1-2-7(8)9(12)4-11/h1-3,9,13H,4-5,11-12H2/t9-/m0/s1. The topological polar surface area (TPSA) is 72.3 Å². The lowest BCUT2D eigenvalue weighted by molar-refractivity contribution is 0.281. The van der Waals surface area contributed by atoms with Crippen molar-refractivity contribution in [2.45, 2.75) is 12.6 Å². The van der Waals surface area contributed by atoms with Crippen molar-refractivity contribution in [3.05, 3.63) is 35.1 Å². The van der Waals surface area contributed by atoms with Gasteiger partial charge in [-0.2, -0.15) is 0 Å². The summed E-state index contributed by atoms with van der Waals surface area (Å²) in [4.78, 5) is 0. The Balaban J connectivity index is 2.98. The van der Waals surface area contributed by atoms with Crippen LogP contribution in [-0.4, -0.2) is 11.7 Å². The minimum Gasteiger partial charge on any atom is -0.392 e. The van der Waals surface area contributed by atoms with E-state index >= 15 is 0 Å². The molecule has 1 atom stereocenters. The van der Waals surface area contributed by atoms with Gasteiger partial charge in [0.15, 0.2) is 0 Å². The van der Waals surface area contributed by atoms with Crippen molar-refractivity contribution in [2.75, 3.05) is 6.54 Å². The maximum Gasteiger partial charge on any atom is 0.128 e. The van der Waals surface area contributed by atoms with Crippen LogP contribution in [0.25, 0.3) is 0 Å². The summed E-state index contributed by atoms with van der Waals surface area (Å²) < 4.78 is 13.2. The molecule has 13 heavy (non-hydrogen) atoms. The van der Waals surface area contributed by atoms with Crippen LogP contribution < -0.4 is 11.5 Å². The summed E-state index contributed by atoms with van der Waals surface area (Å²) in [6.45, 7) is 0.0322. The van der Waals surface area contributed by atoms with Crippen LogP contribution in [0.15, 0.2) is 18.2 Å². The molecule has 0 aliphatic carbocycles. The van der Waals surface area contributed by atoms with E-state index in [1.807, 2.05) is 0 Å². The first-order valence-electron chi connectivity index (χ1n) is 4.04. The van der Waals surface area contributed by atoms with Crippen LogP contribution in [0.5, 0.6) is 0 Å². The van der Waals surface area contributed by atoms with E-state index in [-0.39, 0.29) is 13.2 Å². The van der Waals surface area contributed by atoms with Crippen molar-refractivity contribution in [3.8, 4) is 0 Å². The molecule has 4 heteroatoms. The normalized spacial score (nSPS) is 12.9. The Hall–Kier alpha value is -0.970. The summed E-state index contributed by atoms with van der Waals surface area (Å²) in [6.07, 6.45) is 0. The van der Waals surface area contributed by atoms with E-state index in [2.05, 4.69) is 0 Å². The maximum absolute atomic E-state index is 13.2. The third-order valence-corrected chi connectivity index (χ3v) is 1.90. The molecule has 0 radical (unpaired) electrons. The molecule has 3 nitrogen and oxygen atoms in total. The van der Waals surface area contributed by atoms with Gasteiger partial charge in [-0.15, -0.1) is 0 Å². The molecule has 1 rings (SSSR count). The molecule has 0 aliphatic rings. The SMILES string of the molecule is NC[C@H](N)c1ccc(CO)cc1F. The zero-order valence-electron chi connectivity index (χ0n) is 7.20. The highest BCUT2D eigenvalue weighted by Crippen LogP contribution is 2.15. The molecule has 72 valence electrons. The third kappa shape index (κ3) is 2.24. The van der Waals surface area contributed by atoms with Gasteiger partial charge in [-0.25, -0.2) is 4.39 Å². The largest absolute Gasteiger partial charge is 0.392 e. The van der Waals surface area contributed by atoms with E-state index in [1.165, 1.54) is 6.07 Å². The Morgan fingerprint density at radius 1 is 1.46 bits per heavy atom. The first kappa shape index (κ1) is 10.1. The third-order valence-electron chi connectivity index (χ3n) is 1.90. The van der Waals surface area contributed by atoms with Crippen LogP contribution in [0.3, 0.4) is 0 Å². The van der Waals surface area contributed by atoms with Gasteiger partial charge in [-0.1, -0.05) is 12.1 Å². The van der Waals surface area contributed by atoms with Gasteiger partial charge >= 0.3 is 0 Å². The first-order chi connectivity index (χ1) is 6.19. The van der Waals surface area contributed by atoms with Gasteiger partial charge in [0, 0.05) is 18.2 Å². The van der Waals surface area contributed by atoms with Gasteiger partial charge in [-0.05, 0) is 11.6 Å². The average Bonchev–Trinajstić information content (AvgIpc) is 2.16. The van der Waals surface area contributed by atoms with Crippen molar-refractivity contribution in [2.24, 2.45) is 11.5 Å². The average molecular weight is 184 g/mol. The molecule has 0 unspecified atom stereocenters. The van der Waals surface area contributed by atoms with Gasteiger partial charge in [0.25, 0.3) is 0 Å². The number of rotatable bonds is 3. The van der Waals surface area contributed by atoms with Crippen LogP contribution >= 0.6 is 0 Å². The number of halogens is 1. The molecule has 0 heterocycles. The van der Waals surface area contributed by atoms with Crippen molar-refractivity contribution in [1.29, 1.82) is 0 Å². The second-order valence-corrected chi connectivity index (χ2v) is 2.86. The zero-order chi connectivity index (χ0) is 9.84. The molecular formula is C9H13FN2O. The van der Waals surface area contributed by atoms with Crippen LogP contribution in [-0.2, 0) is 6.61 Å². The first-order valence-corrected chi connectivity index (χ1v) is 4.04. The summed E-state index contributed by atoms with van der Waals surface area (Å²) in [5.41, 5.74) is 11.8. The van der Waals surface area contributed by atoms with Crippen molar-refractivity contribution >= 4 is 0 Å². The number of hydrogen-bond donors (Lipinski definition) is 3. The second-order valence-electron chi connectivity index (χ2n) is 2.86. The van der Waals surface area contributed by atoms with Gasteiger partial charge in [0.2, 0.25) is 0 Å². The molecular weight excluding hydrogens is 171 g/mol. The summed E-state index contributed by atoms with van der Waals surface area (Å²) >= 11 is 0. The van der Waals surface area contributed by atoms with Crippen LogP contribution in [0.1, 0.15) is 17.2 Å². The van der Waals surface area contributed by atoms with Crippen molar-refractivity contribution < 1.29 is 9.50 Å². The van der Waals surface area contributed by atoms with Gasteiger partial charge < -0.3 is 16.6 Å². The Morgan fingerprint density at radius 2 is 2.15 bits per heavy atom. The highest BCUT2D eigenvalue weighted by atomic mass is 19.1. The number of aliphatic hydroxyl groups is 1. The Kier molecular flexibility index (Phi) is 3.36. The number of benzene rings is 1. The molecule has 0 amide bonds. The van der Waals surface area contributed by atoms with E-state index in [9.17, 15) is 4.39 Å². The van der Waals surface area contributed by atoms with Crippen molar-refractivity contribution in [1.82, 2.24) is 0 Å². The van der Waals surface area contributed by atoms with Crippen LogP contribution in [0.4, 0.5) is 4.39 Å². The van der Waals surface area contributed by atoms with Crippen LogP contribution in [0, 0.1) is 5.82 Å². The fourth-order valence-electron chi connectivity index (χ4n) is 1.10. The summed E-state index contributed by atoms with van der Waals surface area (Å²) in [5.74, 6) is -0.412. The monoisotopic (exact) mass is 184 g/mol. The highest BCUT2D eigenvalue weighted by molar-refractivity contribution is 5.26. The molecule has 0 saturated carbocycles. The molecule has 0 bridgehead atoms. The van der Waals surface area contributed by atoms with E-state index in [0.717, 1.165) is 0 Å². The number of hydrogen-bond acceptors (Lipinski definition) is 3.